The first kappa shape index (κ1) is 16.4. The van der Waals surface area contributed by atoms with Gasteiger partial charge in [-0.1, -0.05) is 12.1 Å². The van der Waals surface area contributed by atoms with Crippen molar-refractivity contribution >= 4 is 11.8 Å². The maximum absolute atomic E-state index is 12.7. The number of rotatable bonds is 3. The van der Waals surface area contributed by atoms with Crippen LogP contribution in [0.2, 0.25) is 0 Å². The van der Waals surface area contributed by atoms with Gasteiger partial charge in [0.25, 0.3) is 17.4 Å². The molecule has 0 fully saturated rings. The van der Waals surface area contributed by atoms with E-state index in [0.717, 1.165) is 30.0 Å². The van der Waals surface area contributed by atoms with Gasteiger partial charge >= 0.3 is 0 Å². The third-order valence-corrected chi connectivity index (χ3v) is 4.98. The van der Waals surface area contributed by atoms with Gasteiger partial charge in [-0.2, -0.15) is 0 Å². The van der Waals surface area contributed by atoms with Crippen LogP contribution in [0.15, 0.2) is 29.1 Å². The highest BCUT2D eigenvalue weighted by molar-refractivity contribution is 5.99. The van der Waals surface area contributed by atoms with E-state index in [-0.39, 0.29) is 29.3 Å². The fourth-order valence-electron chi connectivity index (χ4n) is 3.64. The lowest BCUT2D eigenvalue weighted by Crippen LogP contribution is -2.32. The van der Waals surface area contributed by atoms with Crippen LogP contribution in [-0.4, -0.2) is 21.5 Å². The molecule has 2 amide bonds. The predicted molar refractivity (Wildman–Crippen MR) is 94.1 cm³/mol. The molecule has 3 heterocycles. The second kappa shape index (κ2) is 6.33. The third-order valence-electron chi connectivity index (χ3n) is 4.98. The Morgan fingerprint density at radius 3 is 2.92 bits per heavy atom. The number of carbonyl (C=O) groups excluding carboxylic acids is 2. The van der Waals surface area contributed by atoms with Gasteiger partial charge in [-0.3, -0.25) is 14.4 Å². The van der Waals surface area contributed by atoms with E-state index in [4.69, 9.17) is 0 Å². The van der Waals surface area contributed by atoms with Crippen LogP contribution in [-0.2, 0) is 26.1 Å². The van der Waals surface area contributed by atoms with Crippen molar-refractivity contribution in [3.05, 3.63) is 62.6 Å². The van der Waals surface area contributed by atoms with Crippen LogP contribution < -0.4 is 16.2 Å². The van der Waals surface area contributed by atoms with E-state index in [1.165, 1.54) is 0 Å². The van der Waals surface area contributed by atoms with E-state index >= 15 is 0 Å². The summed E-state index contributed by atoms with van der Waals surface area (Å²) in [6.07, 6.45) is 2.35. The van der Waals surface area contributed by atoms with Crippen molar-refractivity contribution in [3.8, 4) is 5.75 Å². The quantitative estimate of drug-likeness (QED) is 0.768. The van der Waals surface area contributed by atoms with Crippen molar-refractivity contribution in [1.82, 2.24) is 15.2 Å². The van der Waals surface area contributed by atoms with Gasteiger partial charge in [0.2, 0.25) is 0 Å². The van der Waals surface area contributed by atoms with E-state index < -0.39 is 5.91 Å². The van der Waals surface area contributed by atoms with Crippen LogP contribution in [0.4, 0.5) is 0 Å². The summed E-state index contributed by atoms with van der Waals surface area (Å²) < 4.78 is 1.57. The fraction of sp³-hybridized carbons (Fsp3) is 0.316. The first-order chi connectivity index (χ1) is 12.5. The molecule has 0 spiro atoms. The maximum atomic E-state index is 12.7. The highest BCUT2D eigenvalue weighted by atomic mass is 16.3. The average Bonchev–Trinajstić information content (AvgIpc) is 3.00. The van der Waals surface area contributed by atoms with Crippen LogP contribution >= 0.6 is 0 Å². The number of hydrogen-bond acceptors (Lipinski definition) is 4. The summed E-state index contributed by atoms with van der Waals surface area (Å²) in [6.45, 7) is 1.33. The third kappa shape index (κ3) is 2.75. The lowest BCUT2D eigenvalue weighted by Gasteiger charge is -2.21. The van der Waals surface area contributed by atoms with Crippen LogP contribution in [0.3, 0.4) is 0 Å². The lowest BCUT2D eigenvalue weighted by molar-refractivity contribution is 0.0943. The Bertz CT molecular complexity index is 977. The molecule has 2 aromatic rings. The van der Waals surface area contributed by atoms with Gasteiger partial charge in [0, 0.05) is 37.0 Å². The zero-order valence-electron chi connectivity index (χ0n) is 14.2. The number of carbonyl (C=O) groups is 2. The monoisotopic (exact) mass is 353 g/mol. The van der Waals surface area contributed by atoms with Gasteiger partial charge in [0.1, 0.15) is 11.3 Å². The molecule has 1 aromatic carbocycles. The van der Waals surface area contributed by atoms with Crippen molar-refractivity contribution in [2.24, 2.45) is 0 Å². The highest BCUT2D eigenvalue weighted by Gasteiger charge is 2.23. The number of aromatic hydroxyl groups is 1. The summed E-state index contributed by atoms with van der Waals surface area (Å²) in [5, 5.41) is 15.7. The largest absolute Gasteiger partial charge is 0.507 e. The number of aromatic nitrogens is 1. The smallest absolute Gasteiger partial charge is 0.257 e. The minimum Gasteiger partial charge on any atom is -0.507 e. The first-order valence-corrected chi connectivity index (χ1v) is 8.68. The standard InChI is InChI=1S/C19H19N3O4/c23-15-8-16(24)22-6-2-1-3-14(22)17(15)19(26)20-9-11-4-5-12-10-21-18(25)13(12)7-11/h4-5,7-8,23H,1-3,6,9-10H2,(H,20,26)(H,21,25). The molecule has 2 aliphatic heterocycles. The number of nitrogens with zero attached hydrogens (tertiary/aromatic N) is 1. The molecule has 7 nitrogen and oxygen atoms in total. The van der Waals surface area contributed by atoms with E-state index in [1.807, 2.05) is 12.1 Å². The molecule has 1 aromatic heterocycles. The Morgan fingerprint density at radius 1 is 1.23 bits per heavy atom. The van der Waals surface area contributed by atoms with Crippen LogP contribution in [0.5, 0.6) is 5.75 Å². The van der Waals surface area contributed by atoms with Crippen molar-refractivity contribution < 1.29 is 14.7 Å². The second-order valence-electron chi connectivity index (χ2n) is 6.66. The summed E-state index contributed by atoms with van der Waals surface area (Å²) >= 11 is 0. The highest BCUT2D eigenvalue weighted by Crippen LogP contribution is 2.24. The predicted octanol–water partition coefficient (Wildman–Crippen LogP) is 1.06. The number of nitrogens with one attached hydrogen (secondary N) is 2. The molecule has 7 heteroatoms. The molecule has 0 saturated carbocycles. The van der Waals surface area contributed by atoms with Gasteiger partial charge in [0.15, 0.2) is 0 Å². The van der Waals surface area contributed by atoms with Gasteiger partial charge in [-0.05, 0) is 36.5 Å². The molecule has 2 aliphatic rings. The number of amides is 2. The summed E-state index contributed by atoms with van der Waals surface area (Å²) in [7, 11) is 0. The summed E-state index contributed by atoms with van der Waals surface area (Å²) in [6, 6.07) is 6.60. The molecule has 4 rings (SSSR count). The van der Waals surface area contributed by atoms with E-state index in [1.54, 1.807) is 10.6 Å². The second-order valence-corrected chi connectivity index (χ2v) is 6.66. The molecule has 0 aliphatic carbocycles. The lowest BCUT2D eigenvalue weighted by atomic mass is 10.0. The Hall–Kier alpha value is -3.09. The molecule has 0 atom stereocenters. The number of pyridine rings is 1. The maximum Gasteiger partial charge on any atom is 0.257 e. The molecular weight excluding hydrogens is 334 g/mol. The molecule has 26 heavy (non-hydrogen) atoms. The topological polar surface area (TPSA) is 100 Å². The number of benzene rings is 1. The van der Waals surface area contributed by atoms with Crippen molar-refractivity contribution in [1.29, 1.82) is 0 Å². The van der Waals surface area contributed by atoms with Crippen molar-refractivity contribution in [2.45, 2.75) is 38.9 Å². The van der Waals surface area contributed by atoms with Gasteiger partial charge < -0.3 is 20.3 Å². The summed E-state index contributed by atoms with van der Waals surface area (Å²) in [4.78, 5) is 36.4. The normalized spacial score (nSPS) is 15.2. The van der Waals surface area contributed by atoms with Crippen molar-refractivity contribution in [2.75, 3.05) is 0 Å². The Labute approximate surface area is 149 Å². The molecule has 0 bridgehead atoms. The fourth-order valence-corrected chi connectivity index (χ4v) is 3.64. The van der Waals surface area contributed by atoms with Crippen LogP contribution in [0.1, 0.15) is 50.4 Å². The zero-order chi connectivity index (χ0) is 18.3. The minimum absolute atomic E-state index is 0.109. The van der Waals surface area contributed by atoms with E-state index in [0.29, 0.717) is 30.8 Å². The summed E-state index contributed by atoms with van der Waals surface area (Å²) in [5.41, 5.74) is 2.85. The Kier molecular flexibility index (Phi) is 3.99. The molecule has 3 N–H and O–H groups in total. The number of hydrogen-bond donors (Lipinski definition) is 3. The molecule has 0 radical (unpaired) electrons. The minimum atomic E-state index is -0.418. The number of fused-ring (bicyclic) bond motifs is 2. The first-order valence-electron chi connectivity index (χ1n) is 8.68. The van der Waals surface area contributed by atoms with Crippen LogP contribution in [0.25, 0.3) is 0 Å². The van der Waals surface area contributed by atoms with Gasteiger partial charge in [-0.15, -0.1) is 0 Å². The Morgan fingerprint density at radius 2 is 2.08 bits per heavy atom. The SMILES string of the molecule is O=C1NCc2ccc(CNC(=O)c3c(O)cc(=O)n4c3CCCC4)cc21. The van der Waals surface area contributed by atoms with Gasteiger partial charge in [-0.25, -0.2) is 0 Å². The molecular formula is C19H19N3O4. The van der Waals surface area contributed by atoms with Crippen LogP contribution in [0, 0.1) is 0 Å². The van der Waals surface area contributed by atoms with E-state index in [2.05, 4.69) is 10.6 Å². The zero-order valence-corrected chi connectivity index (χ0v) is 14.2. The Balaban J connectivity index is 1.57. The van der Waals surface area contributed by atoms with Gasteiger partial charge in [0.05, 0.1) is 0 Å². The summed E-state index contributed by atoms with van der Waals surface area (Å²) in [5.74, 6) is -0.811. The molecule has 0 unspecified atom stereocenters. The molecule has 0 saturated heterocycles. The van der Waals surface area contributed by atoms with Crippen molar-refractivity contribution in [3.63, 3.8) is 0 Å². The van der Waals surface area contributed by atoms with E-state index in [9.17, 15) is 19.5 Å². The average molecular weight is 353 g/mol. The molecule has 134 valence electrons.